The summed E-state index contributed by atoms with van der Waals surface area (Å²) in [6, 6.07) is 28.6. The molecule has 0 saturated carbocycles. The molecule has 0 aliphatic carbocycles. The lowest BCUT2D eigenvalue weighted by Crippen LogP contribution is -2.44. The van der Waals surface area contributed by atoms with Crippen LogP contribution >= 0.6 is 0 Å². The van der Waals surface area contributed by atoms with Gasteiger partial charge in [0, 0.05) is 18.4 Å². The van der Waals surface area contributed by atoms with E-state index in [1.165, 1.54) is 11.1 Å². The molecule has 0 radical (unpaired) electrons. The van der Waals surface area contributed by atoms with Crippen LogP contribution in [0, 0.1) is 0 Å². The summed E-state index contributed by atoms with van der Waals surface area (Å²) in [6.45, 7) is 6.63. The van der Waals surface area contributed by atoms with Crippen LogP contribution in [0.4, 0.5) is 5.82 Å². The number of rotatable bonds is 5. The fraction of sp³-hybridized carbons (Fsp3) is 0.233. The molecule has 4 heteroatoms. The van der Waals surface area contributed by atoms with Gasteiger partial charge in [0.05, 0.1) is 0 Å². The van der Waals surface area contributed by atoms with Crippen molar-refractivity contribution >= 4 is 11.7 Å². The van der Waals surface area contributed by atoms with Crippen LogP contribution in [0.3, 0.4) is 0 Å². The van der Waals surface area contributed by atoms with E-state index in [0.717, 1.165) is 28.3 Å². The summed E-state index contributed by atoms with van der Waals surface area (Å²) in [5.74, 6) is 0.855. The van der Waals surface area contributed by atoms with Gasteiger partial charge in [-0.1, -0.05) is 106 Å². The third-order valence-corrected chi connectivity index (χ3v) is 6.41. The summed E-state index contributed by atoms with van der Waals surface area (Å²) >= 11 is 0. The minimum atomic E-state index is -0.317. The second-order valence-electron chi connectivity index (χ2n) is 10.0. The molecule has 170 valence electrons. The number of fused-ring (bicyclic) bond motifs is 1. The van der Waals surface area contributed by atoms with Gasteiger partial charge in [0.1, 0.15) is 17.6 Å². The second kappa shape index (κ2) is 8.86. The molecule has 34 heavy (non-hydrogen) atoms. The van der Waals surface area contributed by atoms with Gasteiger partial charge in [-0.25, -0.2) is 9.78 Å². The summed E-state index contributed by atoms with van der Waals surface area (Å²) in [7, 11) is 0. The lowest BCUT2D eigenvalue weighted by Gasteiger charge is -2.19. The van der Waals surface area contributed by atoms with Crippen LogP contribution in [0.2, 0.25) is 0 Å². The van der Waals surface area contributed by atoms with Gasteiger partial charge < -0.3 is 0 Å². The van der Waals surface area contributed by atoms with Crippen LogP contribution in [-0.4, -0.2) is 16.9 Å². The maximum Gasteiger partial charge on any atom is 0.359 e. The van der Waals surface area contributed by atoms with Crippen LogP contribution in [-0.2, 0) is 18.3 Å². The highest BCUT2D eigenvalue weighted by Crippen LogP contribution is 2.26. The maximum absolute atomic E-state index is 13.5. The van der Waals surface area contributed by atoms with E-state index in [9.17, 15) is 4.79 Å². The van der Waals surface area contributed by atoms with Crippen molar-refractivity contribution in [2.24, 2.45) is 0 Å². The summed E-state index contributed by atoms with van der Waals surface area (Å²) in [4.78, 5) is 18.5. The SMILES string of the molecule is CC(C)(C)c1ccc(CC2Nc3c(Cc4ccccc4)nc(-c4ccccc4)c[n+]3C2=O)cc1. The highest BCUT2D eigenvalue weighted by atomic mass is 16.2. The van der Waals surface area contributed by atoms with Crippen LogP contribution in [0.15, 0.2) is 91.1 Å². The molecule has 4 nitrogen and oxygen atoms in total. The standard InChI is InChI=1S/C30H29N3O/c1-30(2,3)24-16-14-22(15-17-24)19-26-29(34)33-20-27(23-12-8-5-9-13-23)31-25(28(33)32-26)18-21-10-6-4-7-11-21/h4-17,20,26H,18-19H2,1-3H3/p+1. The Hall–Kier alpha value is -3.79. The molecule has 0 saturated heterocycles. The third-order valence-electron chi connectivity index (χ3n) is 6.41. The highest BCUT2D eigenvalue weighted by molar-refractivity contribution is 5.82. The molecule has 5 rings (SSSR count). The zero-order valence-electron chi connectivity index (χ0n) is 20.0. The van der Waals surface area contributed by atoms with E-state index in [4.69, 9.17) is 4.98 Å². The van der Waals surface area contributed by atoms with Crippen LogP contribution in [0.5, 0.6) is 0 Å². The Bertz CT molecular complexity index is 1310. The first kappa shape index (κ1) is 22.0. The number of carbonyl (C=O) groups excluding carboxylic acids is 1. The van der Waals surface area contributed by atoms with E-state index >= 15 is 0 Å². The number of benzene rings is 3. The van der Waals surface area contributed by atoms with Crippen molar-refractivity contribution < 1.29 is 9.36 Å². The number of aromatic nitrogens is 2. The van der Waals surface area contributed by atoms with E-state index < -0.39 is 0 Å². The van der Waals surface area contributed by atoms with Gasteiger partial charge in [0.15, 0.2) is 6.04 Å². The minimum Gasteiger partial charge on any atom is -0.258 e. The van der Waals surface area contributed by atoms with Gasteiger partial charge >= 0.3 is 11.7 Å². The third kappa shape index (κ3) is 4.49. The van der Waals surface area contributed by atoms with Crippen molar-refractivity contribution in [3.8, 4) is 11.3 Å². The summed E-state index contributed by atoms with van der Waals surface area (Å²) in [5, 5.41) is 3.50. The van der Waals surface area contributed by atoms with E-state index in [0.29, 0.717) is 12.8 Å². The van der Waals surface area contributed by atoms with Crippen molar-refractivity contribution in [1.29, 1.82) is 0 Å². The molecule has 0 amide bonds. The number of anilines is 1. The summed E-state index contributed by atoms with van der Waals surface area (Å²) < 4.78 is 1.77. The largest absolute Gasteiger partial charge is 0.359 e. The average molecular weight is 449 g/mol. The molecule has 1 atom stereocenters. The lowest BCUT2D eigenvalue weighted by atomic mass is 9.86. The summed E-state index contributed by atoms with van der Waals surface area (Å²) in [6.07, 6.45) is 3.16. The van der Waals surface area contributed by atoms with Crippen molar-refractivity contribution in [2.75, 3.05) is 5.32 Å². The Balaban J connectivity index is 1.48. The van der Waals surface area contributed by atoms with E-state index in [1.54, 1.807) is 4.57 Å². The first-order chi connectivity index (χ1) is 16.4. The maximum atomic E-state index is 13.5. The van der Waals surface area contributed by atoms with Crippen LogP contribution in [0.1, 0.15) is 48.0 Å². The molecular formula is C30H30N3O+. The van der Waals surface area contributed by atoms with Gasteiger partial charge in [-0.15, -0.1) is 0 Å². The number of carbonyl (C=O) groups is 1. The molecule has 1 aliphatic heterocycles. The zero-order valence-corrected chi connectivity index (χ0v) is 20.0. The molecule has 0 fully saturated rings. The Morgan fingerprint density at radius 2 is 1.50 bits per heavy atom. The van der Waals surface area contributed by atoms with E-state index in [-0.39, 0.29) is 17.4 Å². The second-order valence-corrected chi connectivity index (χ2v) is 10.0. The number of hydrogen-bond acceptors (Lipinski definition) is 3. The van der Waals surface area contributed by atoms with E-state index in [1.807, 2.05) is 54.7 Å². The van der Waals surface area contributed by atoms with Gasteiger partial charge in [-0.3, -0.25) is 5.32 Å². The molecule has 1 unspecified atom stereocenters. The molecule has 0 bridgehead atoms. The first-order valence-corrected chi connectivity index (χ1v) is 11.8. The normalized spacial score (nSPS) is 15.1. The Morgan fingerprint density at radius 1 is 0.853 bits per heavy atom. The quantitative estimate of drug-likeness (QED) is 0.404. The summed E-state index contributed by atoms with van der Waals surface area (Å²) in [5.41, 5.74) is 6.40. The van der Waals surface area contributed by atoms with Gasteiger partial charge in [0.2, 0.25) is 0 Å². The molecule has 1 aliphatic rings. The number of nitrogens with zero attached hydrogens (tertiary/aromatic N) is 2. The molecule has 1 aromatic heterocycles. The molecule has 2 heterocycles. The van der Waals surface area contributed by atoms with Crippen molar-refractivity contribution in [3.05, 3.63) is 114 Å². The number of hydrogen-bond donors (Lipinski definition) is 1. The number of nitrogens with one attached hydrogen (secondary N) is 1. The average Bonchev–Trinajstić information content (AvgIpc) is 3.15. The zero-order chi connectivity index (χ0) is 23.7. The molecule has 1 N–H and O–H groups in total. The van der Waals surface area contributed by atoms with Crippen molar-refractivity contribution in [2.45, 2.75) is 45.1 Å². The fourth-order valence-corrected chi connectivity index (χ4v) is 4.45. The van der Waals surface area contributed by atoms with E-state index in [2.05, 4.69) is 62.5 Å². The molecule has 0 spiro atoms. The predicted molar refractivity (Wildman–Crippen MR) is 136 cm³/mol. The Morgan fingerprint density at radius 3 is 2.15 bits per heavy atom. The fourth-order valence-electron chi connectivity index (χ4n) is 4.45. The van der Waals surface area contributed by atoms with Gasteiger partial charge in [0.25, 0.3) is 0 Å². The minimum absolute atomic E-state index is 0.0591. The Labute approximate surface area is 201 Å². The molecular weight excluding hydrogens is 418 g/mol. The Kier molecular flexibility index (Phi) is 5.74. The lowest BCUT2D eigenvalue weighted by molar-refractivity contribution is -0.552. The smallest absolute Gasteiger partial charge is 0.258 e. The molecule has 3 aromatic carbocycles. The first-order valence-electron chi connectivity index (χ1n) is 11.8. The topological polar surface area (TPSA) is 45.9 Å². The van der Waals surface area contributed by atoms with Gasteiger partial charge in [-0.2, -0.15) is 4.57 Å². The van der Waals surface area contributed by atoms with Gasteiger partial charge in [-0.05, 0) is 22.1 Å². The van der Waals surface area contributed by atoms with Crippen molar-refractivity contribution in [1.82, 2.24) is 4.98 Å². The van der Waals surface area contributed by atoms with Crippen LogP contribution < -0.4 is 9.88 Å². The molecule has 4 aromatic rings. The monoisotopic (exact) mass is 448 g/mol. The highest BCUT2D eigenvalue weighted by Gasteiger charge is 2.41. The predicted octanol–water partition coefficient (Wildman–Crippen LogP) is 5.60. The van der Waals surface area contributed by atoms with Crippen LogP contribution in [0.25, 0.3) is 11.3 Å². The van der Waals surface area contributed by atoms with Crippen molar-refractivity contribution in [3.63, 3.8) is 0 Å².